The highest BCUT2D eigenvalue weighted by atomic mass is 79.9. The SMILES string of the molecule is COc1cc(Br)c(CC(Br)CBr)cc1OC. The van der Waals surface area contributed by atoms with Gasteiger partial charge in [0, 0.05) is 14.6 Å². The van der Waals surface area contributed by atoms with E-state index in [9.17, 15) is 0 Å². The van der Waals surface area contributed by atoms with Crippen molar-refractivity contribution in [2.75, 3.05) is 19.5 Å². The average Bonchev–Trinajstić information content (AvgIpc) is 2.30. The van der Waals surface area contributed by atoms with Gasteiger partial charge in [0.05, 0.1) is 14.2 Å². The van der Waals surface area contributed by atoms with E-state index in [0.29, 0.717) is 4.83 Å². The Labute approximate surface area is 121 Å². The van der Waals surface area contributed by atoms with Crippen molar-refractivity contribution >= 4 is 47.8 Å². The van der Waals surface area contributed by atoms with E-state index in [-0.39, 0.29) is 0 Å². The molecule has 0 N–H and O–H groups in total. The third-order valence-electron chi connectivity index (χ3n) is 2.16. The number of alkyl halides is 2. The zero-order valence-corrected chi connectivity index (χ0v) is 13.9. The summed E-state index contributed by atoms with van der Waals surface area (Å²) >= 11 is 10.6. The number of ether oxygens (including phenoxy) is 2. The molecule has 0 radical (unpaired) electrons. The lowest BCUT2D eigenvalue weighted by Crippen LogP contribution is -2.05. The maximum absolute atomic E-state index is 5.27. The molecular formula is C11H13Br3O2. The molecule has 0 saturated carbocycles. The topological polar surface area (TPSA) is 18.5 Å². The molecule has 0 spiro atoms. The molecule has 1 atom stereocenters. The molecule has 0 aliphatic carbocycles. The van der Waals surface area contributed by atoms with Gasteiger partial charge in [-0.25, -0.2) is 0 Å². The number of benzene rings is 1. The maximum Gasteiger partial charge on any atom is 0.161 e. The van der Waals surface area contributed by atoms with E-state index in [1.54, 1.807) is 14.2 Å². The Bertz CT molecular complexity index is 355. The van der Waals surface area contributed by atoms with Crippen molar-refractivity contribution in [1.29, 1.82) is 0 Å². The van der Waals surface area contributed by atoms with Gasteiger partial charge in [-0.3, -0.25) is 0 Å². The highest BCUT2D eigenvalue weighted by Crippen LogP contribution is 2.34. The van der Waals surface area contributed by atoms with Crippen LogP contribution < -0.4 is 9.47 Å². The highest BCUT2D eigenvalue weighted by molar-refractivity contribution is 9.12. The summed E-state index contributed by atoms with van der Waals surface area (Å²) in [7, 11) is 3.28. The van der Waals surface area contributed by atoms with Crippen LogP contribution in [0.3, 0.4) is 0 Å². The summed E-state index contributed by atoms with van der Waals surface area (Å²) in [5.74, 6) is 1.50. The summed E-state index contributed by atoms with van der Waals surface area (Å²) in [6.45, 7) is 0. The Morgan fingerprint density at radius 2 is 1.75 bits per heavy atom. The summed E-state index contributed by atoms with van der Waals surface area (Å²) in [5.41, 5.74) is 1.19. The van der Waals surface area contributed by atoms with Crippen molar-refractivity contribution in [3.63, 3.8) is 0 Å². The minimum absolute atomic E-state index is 0.405. The highest BCUT2D eigenvalue weighted by Gasteiger charge is 2.12. The molecule has 1 aromatic rings. The van der Waals surface area contributed by atoms with Crippen LogP contribution in [0.1, 0.15) is 5.56 Å². The molecule has 16 heavy (non-hydrogen) atoms. The van der Waals surface area contributed by atoms with Crippen molar-refractivity contribution in [3.05, 3.63) is 22.2 Å². The van der Waals surface area contributed by atoms with Crippen LogP contribution in [-0.4, -0.2) is 24.4 Å². The first-order valence-corrected chi connectivity index (χ1v) is 7.55. The number of methoxy groups -OCH3 is 2. The quantitative estimate of drug-likeness (QED) is 0.671. The van der Waals surface area contributed by atoms with E-state index in [0.717, 1.165) is 27.7 Å². The average molecular weight is 417 g/mol. The number of rotatable bonds is 5. The smallest absolute Gasteiger partial charge is 0.161 e. The number of hydrogen-bond acceptors (Lipinski definition) is 2. The molecule has 0 aliphatic rings. The molecule has 0 fully saturated rings. The van der Waals surface area contributed by atoms with E-state index in [1.165, 1.54) is 5.56 Å². The van der Waals surface area contributed by atoms with Crippen molar-refractivity contribution in [2.45, 2.75) is 11.2 Å². The van der Waals surface area contributed by atoms with E-state index < -0.39 is 0 Å². The summed E-state index contributed by atoms with van der Waals surface area (Å²) < 4.78 is 11.5. The minimum Gasteiger partial charge on any atom is -0.493 e. The fourth-order valence-electron chi connectivity index (χ4n) is 1.35. The van der Waals surface area contributed by atoms with Gasteiger partial charge < -0.3 is 9.47 Å². The standard InChI is InChI=1S/C11H13Br3O2/c1-15-10-4-7(3-8(13)6-12)9(14)5-11(10)16-2/h4-5,8H,3,6H2,1-2H3. The second-order valence-electron chi connectivity index (χ2n) is 3.25. The summed E-state index contributed by atoms with van der Waals surface area (Å²) in [4.78, 5) is 0.405. The Balaban J connectivity index is 3.01. The Morgan fingerprint density at radius 3 is 2.25 bits per heavy atom. The Hall–Kier alpha value is 0.260. The zero-order chi connectivity index (χ0) is 12.1. The predicted molar refractivity (Wildman–Crippen MR) is 77.5 cm³/mol. The molecule has 1 rings (SSSR count). The second-order valence-corrected chi connectivity index (χ2v) is 6.05. The van der Waals surface area contributed by atoms with Gasteiger partial charge in [-0.15, -0.1) is 0 Å². The normalized spacial score (nSPS) is 12.3. The molecule has 0 aromatic heterocycles. The van der Waals surface area contributed by atoms with Crippen LogP contribution in [0.25, 0.3) is 0 Å². The van der Waals surface area contributed by atoms with Gasteiger partial charge >= 0.3 is 0 Å². The molecule has 0 bridgehead atoms. The van der Waals surface area contributed by atoms with Gasteiger partial charge in [-0.05, 0) is 24.1 Å². The minimum atomic E-state index is 0.405. The van der Waals surface area contributed by atoms with Crippen LogP contribution in [0, 0.1) is 0 Å². The van der Waals surface area contributed by atoms with Gasteiger partial charge in [-0.1, -0.05) is 47.8 Å². The zero-order valence-electron chi connectivity index (χ0n) is 9.10. The van der Waals surface area contributed by atoms with Crippen LogP contribution in [0.5, 0.6) is 11.5 Å². The summed E-state index contributed by atoms with van der Waals surface area (Å²) in [5, 5.41) is 0.911. The van der Waals surface area contributed by atoms with Crippen molar-refractivity contribution < 1.29 is 9.47 Å². The molecule has 90 valence electrons. The molecular weight excluding hydrogens is 404 g/mol. The largest absolute Gasteiger partial charge is 0.493 e. The van der Waals surface area contributed by atoms with Gasteiger partial charge in [0.1, 0.15) is 0 Å². The van der Waals surface area contributed by atoms with E-state index in [1.807, 2.05) is 12.1 Å². The lowest BCUT2D eigenvalue weighted by atomic mass is 10.1. The van der Waals surface area contributed by atoms with Gasteiger partial charge in [0.25, 0.3) is 0 Å². The number of halogens is 3. The lowest BCUT2D eigenvalue weighted by Gasteiger charge is -2.13. The second kappa shape index (κ2) is 6.87. The van der Waals surface area contributed by atoms with Gasteiger partial charge in [-0.2, -0.15) is 0 Å². The van der Waals surface area contributed by atoms with Crippen molar-refractivity contribution in [3.8, 4) is 11.5 Å². The first-order chi connectivity index (χ1) is 7.62. The molecule has 0 heterocycles. The molecule has 0 amide bonds. The lowest BCUT2D eigenvalue weighted by molar-refractivity contribution is 0.354. The maximum atomic E-state index is 5.27. The van der Waals surface area contributed by atoms with Crippen molar-refractivity contribution in [1.82, 2.24) is 0 Å². The molecule has 1 aromatic carbocycles. The fraction of sp³-hybridized carbons (Fsp3) is 0.455. The van der Waals surface area contributed by atoms with Gasteiger partial charge in [0.2, 0.25) is 0 Å². The summed E-state index contributed by atoms with van der Waals surface area (Å²) in [6.07, 6.45) is 0.923. The van der Waals surface area contributed by atoms with Crippen LogP contribution >= 0.6 is 47.8 Å². The van der Waals surface area contributed by atoms with E-state index >= 15 is 0 Å². The molecule has 2 nitrogen and oxygen atoms in total. The van der Waals surface area contributed by atoms with Gasteiger partial charge in [0.15, 0.2) is 11.5 Å². The van der Waals surface area contributed by atoms with E-state index in [2.05, 4.69) is 47.8 Å². The van der Waals surface area contributed by atoms with Crippen LogP contribution in [-0.2, 0) is 6.42 Å². The molecule has 0 aliphatic heterocycles. The first-order valence-electron chi connectivity index (χ1n) is 4.72. The summed E-state index contributed by atoms with van der Waals surface area (Å²) in [6, 6.07) is 3.93. The third-order valence-corrected chi connectivity index (χ3v) is 5.20. The van der Waals surface area contributed by atoms with Crippen LogP contribution in [0.15, 0.2) is 16.6 Å². The predicted octanol–water partition coefficient (Wildman–Crippen LogP) is 4.17. The Kier molecular flexibility index (Phi) is 6.15. The molecule has 5 heteroatoms. The van der Waals surface area contributed by atoms with Crippen LogP contribution in [0.2, 0.25) is 0 Å². The van der Waals surface area contributed by atoms with E-state index in [4.69, 9.17) is 9.47 Å². The monoisotopic (exact) mass is 414 g/mol. The third kappa shape index (κ3) is 3.64. The Morgan fingerprint density at radius 1 is 1.19 bits per heavy atom. The first kappa shape index (κ1) is 14.3. The number of hydrogen-bond donors (Lipinski definition) is 0. The molecule has 0 saturated heterocycles. The fourth-order valence-corrected chi connectivity index (χ4v) is 2.41. The molecule has 1 unspecified atom stereocenters. The van der Waals surface area contributed by atoms with Crippen LogP contribution in [0.4, 0.5) is 0 Å². The van der Waals surface area contributed by atoms with Crippen molar-refractivity contribution in [2.24, 2.45) is 0 Å².